The van der Waals surface area contributed by atoms with Crippen molar-refractivity contribution in [3.8, 4) is 0 Å². The third-order valence-corrected chi connectivity index (χ3v) is 6.72. The van der Waals surface area contributed by atoms with Crippen molar-refractivity contribution in [3.05, 3.63) is 65.7 Å². The maximum absolute atomic E-state index is 12.8. The van der Waals surface area contributed by atoms with Gasteiger partial charge in [-0.1, -0.05) is 59.9 Å². The van der Waals surface area contributed by atoms with Gasteiger partial charge in [0.05, 0.1) is 12.1 Å². The predicted octanol–water partition coefficient (Wildman–Crippen LogP) is 3.09. The first-order valence-electron chi connectivity index (χ1n) is 9.73. The lowest BCUT2D eigenvalue weighted by Crippen LogP contribution is -2.37. The van der Waals surface area contributed by atoms with Crippen LogP contribution < -0.4 is 10.6 Å². The molecule has 31 heavy (non-hydrogen) atoms. The lowest BCUT2D eigenvalue weighted by atomic mass is 10.1. The second-order valence-electron chi connectivity index (χ2n) is 6.62. The molecule has 1 aliphatic rings. The van der Waals surface area contributed by atoms with Crippen molar-refractivity contribution in [1.82, 2.24) is 0 Å². The van der Waals surface area contributed by atoms with E-state index < -0.39 is 24.4 Å². The van der Waals surface area contributed by atoms with Gasteiger partial charge in [0.15, 0.2) is 6.61 Å². The minimum absolute atomic E-state index is 0.0105. The SMILES string of the molecule is NC(=O)CCN(C(=O)COC(=O)c1ccccc1CSC1=NCCS1)c1ccccc1. The zero-order chi connectivity index (χ0) is 22.1. The molecule has 2 N–H and O–H groups in total. The van der Waals surface area contributed by atoms with Gasteiger partial charge in [0.2, 0.25) is 5.91 Å². The largest absolute Gasteiger partial charge is 0.452 e. The molecule has 1 heterocycles. The van der Waals surface area contributed by atoms with Crippen LogP contribution in [0.1, 0.15) is 22.3 Å². The molecule has 0 aromatic heterocycles. The highest BCUT2D eigenvalue weighted by molar-refractivity contribution is 8.38. The Balaban J connectivity index is 1.63. The maximum atomic E-state index is 12.8. The molecule has 0 atom stereocenters. The number of carbonyl (C=O) groups excluding carboxylic acids is 3. The molecular weight excluding hydrogens is 434 g/mol. The van der Waals surface area contributed by atoms with Gasteiger partial charge in [0.1, 0.15) is 4.38 Å². The van der Waals surface area contributed by atoms with E-state index >= 15 is 0 Å². The van der Waals surface area contributed by atoms with Crippen LogP contribution in [0.4, 0.5) is 5.69 Å². The molecule has 2 amide bonds. The van der Waals surface area contributed by atoms with Gasteiger partial charge in [0, 0.05) is 30.2 Å². The number of aliphatic imine (C=N–C) groups is 1. The van der Waals surface area contributed by atoms with E-state index in [2.05, 4.69) is 4.99 Å². The Morgan fingerprint density at radius 1 is 1.10 bits per heavy atom. The lowest BCUT2D eigenvalue weighted by molar-refractivity contribution is -0.121. The number of nitrogens with zero attached hydrogens (tertiary/aromatic N) is 2. The quantitative estimate of drug-likeness (QED) is 0.581. The normalized spacial score (nSPS) is 12.8. The molecule has 1 aliphatic heterocycles. The third kappa shape index (κ3) is 6.86. The van der Waals surface area contributed by atoms with Crippen LogP contribution in [0, 0.1) is 0 Å². The van der Waals surface area contributed by atoms with Crippen molar-refractivity contribution >= 4 is 51.4 Å². The molecule has 0 fully saturated rings. The molecule has 162 valence electrons. The molecular formula is C22H23N3O4S2. The number of ether oxygens (including phenoxy) is 1. The average molecular weight is 458 g/mol. The first kappa shape index (κ1) is 22.9. The first-order valence-corrected chi connectivity index (χ1v) is 11.7. The fourth-order valence-electron chi connectivity index (χ4n) is 2.90. The van der Waals surface area contributed by atoms with Crippen molar-refractivity contribution < 1.29 is 19.1 Å². The standard InChI is InChI=1S/C22H23N3O4S2/c23-19(26)10-12-25(17-7-2-1-3-8-17)20(27)14-29-21(28)18-9-5-4-6-16(18)15-31-22-24-11-13-30-22/h1-9H,10-15H2,(H2,23,26). The minimum atomic E-state index is -0.562. The number of hydrogen-bond acceptors (Lipinski definition) is 7. The highest BCUT2D eigenvalue weighted by atomic mass is 32.2. The Bertz CT molecular complexity index is 966. The molecule has 0 aliphatic carbocycles. The van der Waals surface area contributed by atoms with Crippen LogP contribution >= 0.6 is 23.5 Å². The first-order chi connectivity index (χ1) is 15.0. The van der Waals surface area contributed by atoms with Gasteiger partial charge in [-0.05, 0) is 23.8 Å². The fourth-order valence-corrected chi connectivity index (χ4v) is 4.91. The van der Waals surface area contributed by atoms with E-state index in [0.717, 1.165) is 22.2 Å². The summed E-state index contributed by atoms with van der Waals surface area (Å²) in [4.78, 5) is 42.4. The smallest absolute Gasteiger partial charge is 0.338 e. The molecule has 7 nitrogen and oxygen atoms in total. The number of nitrogens with two attached hydrogens (primary N) is 1. The summed E-state index contributed by atoms with van der Waals surface area (Å²) in [7, 11) is 0. The molecule has 0 spiro atoms. The Kier molecular flexibility index (Phi) is 8.54. The molecule has 9 heteroatoms. The van der Waals surface area contributed by atoms with Crippen molar-refractivity contribution in [2.24, 2.45) is 10.7 Å². The second-order valence-corrected chi connectivity index (χ2v) is 8.92. The molecule has 0 saturated heterocycles. The van der Waals surface area contributed by atoms with Crippen LogP contribution in [0.3, 0.4) is 0 Å². The van der Waals surface area contributed by atoms with Gasteiger partial charge >= 0.3 is 5.97 Å². The van der Waals surface area contributed by atoms with Gasteiger partial charge in [-0.3, -0.25) is 14.6 Å². The van der Waals surface area contributed by atoms with Crippen LogP contribution in [-0.2, 0) is 20.1 Å². The molecule has 2 aromatic rings. The van der Waals surface area contributed by atoms with Crippen molar-refractivity contribution in [3.63, 3.8) is 0 Å². The summed E-state index contributed by atoms with van der Waals surface area (Å²) in [5.74, 6) is 0.0850. The van der Waals surface area contributed by atoms with E-state index in [1.54, 1.807) is 59.9 Å². The van der Waals surface area contributed by atoms with E-state index in [1.807, 2.05) is 18.2 Å². The molecule has 0 saturated carbocycles. The summed E-state index contributed by atoms with van der Waals surface area (Å²) in [5.41, 5.74) is 7.09. The lowest BCUT2D eigenvalue weighted by Gasteiger charge is -2.22. The van der Waals surface area contributed by atoms with Crippen LogP contribution in [0.15, 0.2) is 59.6 Å². The number of primary amides is 1. The topological polar surface area (TPSA) is 102 Å². The van der Waals surface area contributed by atoms with Gasteiger partial charge < -0.3 is 15.4 Å². The molecule has 0 bridgehead atoms. The molecule has 0 radical (unpaired) electrons. The van der Waals surface area contributed by atoms with Crippen LogP contribution in [0.25, 0.3) is 0 Å². The third-order valence-electron chi connectivity index (χ3n) is 4.42. The second kappa shape index (κ2) is 11.6. The Morgan fingerprint density at radius 3 is 2.55 bits per heavy atom. The number of rotatable bonds is 9. The van der Waals surface area contributed by atoms with Crippen LogP contribution in [0.5, 0.6) is 0 Å². The van der Waals surface area contributed by atoms with Crippen LogP contribution in [0.2, 0.25) is 0 Å². The minimum Gasteiger partial charge on any atom is -0.452 e. The maximum Gasteiger partial charge on any atom is 0.338 e. The van der Waals surface area contributed by atoms with E-state index in [-0.39, 0.29) is 13.0 Å². The summed E-state index contributed by atoms with van der Waals surface area (Å²) in [5, 5.41) is 0. The average Bonchev–Trinajstić information content (AvgIpc) is 3.30. The van der Waals surface area contributed by atoms with Crippen molar-refractivity contribution in [2.75, 3.05) is 30.3 Å². The summed E-state index contributed by atoms with van der Waals surface area (Å²) >= 11 is 3.30. The van der Waals surface area contributed by atoms with Gasteiger partial charge in [-0.25, -0.2) is 4.79 Å². The number of amides is 2. The fraction of sp³-hybridized carbons (Fsp3) is 0.273. The van der Waals surface area contributed by atoms with Gasteiger partial charge in [0.25, 0.3) is 5.91 Å². The van der Waals surface area contributed by atoms with Crippen molar-refractivity contribution in [2.45, 2.75) is 12.2 Å². The molecule has 0 unspecified atom stereocenters. The Hall–Kier alpha value is -2.78. The monoisotopic (exact) mass is 457 g/mol. The van der Waals surface area contributed by atoms with Crippen LogP contribution in [-0.4, -0.2) is 47.6 Å². The van der Waals surface area contributed by atoms with E-state index in [9.17, 15) is 14.4 Å². The van der Waals surface area contributed by atoms with Gasteiger partial charge in [-0.15, -0.1) is 0 Å². The Morgan fingerprint density at radius 2 is 1.84 bits per heavy atom. The number of hydrogen-bond donors (Lipinski definition) is 1. The van der Waals surface area contributed by atoms with Gasteiger partial charge in [-0.2, -0.15) is 0 Å². The summed E-state index contributed by atoms with van der Waals surface area (Å²) in [6.07, 6.45) is 0.0105. The van der Waals surface area contributed by atoms with E-state index in [1.165, 1.54) is 4.90 Å². The zero-order valence-corrected chi connectivity index (χ0v) is 18.5. The summed E-state index contributed by atoms with van der Waals surface area (Å²) in [6.45, 7) is 0.506. The number of carbonyl (C=O) groups is 3. The zero-order valence-electron chi connectivity index (χ0n) is 16.9. The number of anilines is 1. The Labute approximate surface area is 189 Å². The van der Waals surface area contributed by atoms with E-state index in [4.69, 9.17) is 10.5 Å². The summed E-state index contributed by atoms with van der Waals surface area (Å²) < 4.78 is 6.34. The number of benzene rings is 2. The number of esters is 1. The summed E-state index contributed by atoms with van der Waals surface area (Å²) in [6, 6.07) is 16.1. The highest BCUT2D eigenvalue weighted by Crippen LogP contribution is 2.26. The van der Waals surface area contributed by atoms with E-state index in [0.29, 0.717) is 17.0 Å². The number of thioether (sulfide) groups is 2. The number of para-hydroxylation sites is 1. The highest BCUT2D eigenvalue weighted by Gasteiger charge is 2.20. The molecule has 2 aromatic carbocycles. The van der Waals surface area contributed by atoms with Crippen molar-refractivity contribution in [1.29, 1.82) is 0 Å². The molecule has 3 rings (SSSR count). The predicted molar refractivity (Wildman–Crippen MR) is 125 cm³/mol.